The van der Waals surface area contributed by atoms with Gasteiger partial charge in [-0.25, -0.2) is 9.18 Å². The fourth-order valence-electron chi connectivity index (χ4n) is 4.24. The summed E-state index contributed by atoms with van der Waals surface area (Å²) in [5, 5.41) is 7.88. The normalized spacial score (nSPS) is 11.1. The van der Waals surface area contributed by atoms with Crippen molar-refractivity contribution >= 4 is 22.5 Å². The van der Waals surface area contributed by atoms with E-state index in [1.54, 1.807) is 19.2 Å². The van der Waals surface area contributed by atoms with Crippen LogP contribution in [0.2, 0.25) is 0 Å². The molecule has 1 N–H and O–H groups in total. The molecule has 9 heteroatoms. The third kappa shape index (κ3) is 4.78. The number of pyridine rings is 1. The zero-order chi connectivity index (χ0) is 26.8. The van der Waals surface area contributed by atoms with E-state index in [2.05, 4.69) is 15.4 Å². The van der Waals surface area contributed by atoms with E-state index in [0.29, 0.717) is 17.9 Å². The van der Waals surface area contributed by atoms with E-state index in [0.717, 1.165) is 32.9 Å². The van der Waals surface area contributed by atoms with Crippen molar-refractivity contribution in [3.8, 4) is 11.4 Å². The van der Waals surface area contributed by atoms with Crippen LogP contribution in [0.5, 0.6) is 5.75 Å². The number of carbonyl (C=O) groups is 1. The lowest BCUT2D eigenvalue weighted by Gasteiger charge is -2.15. The highest BCUT2D eigenvalue weighted by molar-refractivity contribution is 6.10. The number of rotatable bonds is 7. The Kier molecular flexibility index (Phi) is 6.74. The molecule has 0 radical (unpaired) electrons. The first kappa shape index (κ1) is 24.9. The number of aromatic nitrogens is 4. The summed E-state index contributed by atoms with van der Waals surface area (Å²) >= 11 is 0. The van der Waals surface area contributed by atoms with Gasteiger partial charge in [-0.05, 0) is 42.8 Å². The molecule has 0 aliphatic carbocycles. The Morgan fingerprint density at radius 3 is 2.58 bits per heavy atom. The van der Waals surface area contributed by atoms with Gasteiger partial charge in [0.15, 0.2) is 0 Å². The number of aryl methyl sites for hydroxylation is 2. The van der Waals surface area contributed by atoms with Crippen molar-refractivity contribution in [1.29, 1.82) is 0 Å². The molecule has 192 valence electrons. The van der Waals surface area contributed by atoms with Crippen molar-refractivity contribution < 1.29 is 13.9 Å². The van der Waals surface area contributed by atoms with Crippen LogP contribution < -0.4 is 15.7 Å². The summed E-state index contributed by atoms with van der Waals surface area (Å²) in [5.74, 6) is -0.718. The molecular formula is C29H26FN5O3. The molecule has 0 spiro atoms. The van der Waals surface area contributed by atoms with E-state index < -0.39 is 17.4 Å². The summed E-state index contributed by atoms with van der Waals surface area (Å²) < 4.78 is 23.8. The van der Waals surface area contributed by atoms with Gasteiger partial charge < -0.3 is 10.1 Å². The highest BCUT2D eigenvalue weighted by Crippen LogP contribution is 2.29. The molecule has 8 nitrogen and oxygen atoms in total. The van der Waals surface area contributed by atoms with Crippen LogP contribution in [0.15, 0.2) is 77.6 Å². The minimum Gasteiger partial charge on any atom is -0.488 e. The van der Waals surface area contributed by atoms with Crippen molar-refractivity contribution in [2.75, 3.05) is 5.32 Å². The predicted octanol–water partition coefficient (Wildman–Crippen LogP) is 4.96. The lowest BCUT2D eigenvalue weighted by atomic mass is 10.1. The molecule has 5 aromatic rings. The fourth-order valence-corrected chi connectivity index (χ4v) is 4.24. The molecule has 0 unspecified atom stereocenters. The number of nitrogens with one attached hydrogen (secondary N) is 1. The second-order valence-electron chi connectivity index (χ2n) is 8.88. The van der Waals surface area contributed by atoms with E-state index in [9.17, 15) is 9.59 Å². The average molecular weight is 512 g/mol. The summed E-state index contributed by atoms with van der Waals surface area (Å²) in [6, 6.07) is 21.0. The molecule has 1 amide bonds. The molecule has 0 saturated heterocycles. The van der Waals surface area contributed by atoms with E-state index in [4.69, 9.17) is 4.74 Å². The Labute approximate surface area is 218 Å². The number of hydrogen-bond donors (Lipinski definition) is 1. The zero-order valence-electron chi connectivity index (χ0n) is 21.2. The van der Waals surface area contributed by atoms with E-state index in [1.165, 1.54) is 10.6 Å². The first-order valence-electron chi connectivity index (χ1n) is 12.2. The van der Waals surface area contributed by atoms with Gasteiger partial charge in [0.05, 0.1) is 16.8 Å². The molecule has 3 aromatic carbocycles. The highest BCUT2D eigenvalue weighted by atomic mass is 19.1. The molecule has 5 rings (SSSR count). The minimum atomic E-state index is -0.778. The third-order valence-corrected chi connectivity index (χ3v) is 6.27. The lowest BCUT2D eigenvalue weighted by Crippen LogP contribution is -2.23. The number of anilines is 1. The number of ether oxygens (including phenoxy) is 1. The highest BCUT2D eigenvalue weighted by Gasteiger charge is 2.22. The van der Waals surface area contributed by atoms with Crippen molar-refractivity contribution in [3.05, 3.63) is 112 Å². The van der Waals surface area contributed by atoms with Crippen LogP contribution in [0, 0.1) is 12.7 Å². The lowest BCUT2D eigenvalue weighted by molar-refractivity contribution is 0.102. The van der Waals surface area contributed by atoms with Gasteiger partial charge in [0.25, 0.3) is 5.91 Å². The second-order valence-corrected chi connectivity index (χ2v) is 8.88. The maximum atomic E-state index is 15.4. The summed E-state index contributed by atoms with van der Waals surface area (Å²) in [5.41, 5.74) is 2.37. The van der Waals surface area contributed by atoms with Crippen molar-refractivity contribution in [3.63, 3.8) is 0 Å². The van der Waals surface area contributed by atoms with Gasteiger partial charge in [-0.2, -0.15) is 4.68 Å². The van der Waals surface area contributed by atoms with E-state index >= 15 is 4.39 Å². The SMILES string of the molecule is CCc1nn(-c2cc(OCc3ccccc3)c(C(=O)Nc3cccc4nc(C)ccc34)cc2F)c(=O)n1C. The van der Waals surface area contributed by atoms with Gasteiger partial charge in [0.2, 0.25) is 0 Å². The fraction of sp³-hybridized carbons (Fsp3) is 0.172. The number of halogens is 1. The number of amides is 1. The maximum Gasteiger partial charge on any atom is 0.350 e. The second kappa shape index (κ2) is 10.3. The number of fused-ring (bicyclic) bond motifs is 1. The molecule has 0 atom stereocenters. The molecule has 0 aliphatic heterocycles. The summed E-state index contributed by atoms with van der Waals surface area (Å²) in [6.45, 7) is 3.89. The van der Waals surface area contributed by atoms with Crippen LogP contribution in [0.4, 0.5) is 10.1 Å². The Hall–Kier alpha value is -4.79. The van der Waals surface area contributed by atoms with Gasteiger partial charge in [0.1, 0.15) is 29.7 Å². The van der Waals surface area contributed by atoms with Crippen LogP contribution in [-0.4, -0.2) is 25.2 Å². The smallest absolute Gasteiger partial charge is 0.350 e. The standard InChI is InChI=1S/C29H26FN5O3/c1-4-27-33-35(29(37)34(27)3)25-16-26(38-17-19-9-6-5-7-10-19)21(15-22(25)30)28(36)32-24-12-8-11-23-20(24)14-13-18(2)31-23/h5-16H,4,17H2,1-3H3,(H,32,36). The summed E-state index contributed by atoms with van der Waals surface area (Å²) in [7, 11) is 1.58. The molecule has 0 bridgehead atoms. The Bertz CT molecular complexity index is 1710. The van der Waals surface area contributed by atoms with E-state index in [1.807, 2.05) is 62.4 Å². The van der Waals surface area contributed by atoms with Crippen molar-refractivity contribution in [2.24, 2.45) is 7.05 Å². The van der Waals surface area contributed by atoms with E-state index in [-0.39, 0.29) is 23.6 Å². The van der Waals surface area contributed by atoms with Crippen molar-refractivity contribution in [1.82, 2.24) is 19.3 Å². The first-order valence-corrected chi connectivity index (χ1v) is 12.2. The maximum absolute atomic E-state index is 15.4. The number of hydrogen-bond acceptors (Lipinski definition) is 5. The zero-order valence-corrected chi connectivity index (χ0v) is 21.2. The molecule has 2 heterocycles. The quantitative estimate of drug-likeness (QED) is 0.334. The molecule has 0 fully saturated rings. The summed E-state index contributed by atoms with van der Waals surface area (Å²) in [6.07, 6.45) is 0.498. The summed E-state index contributed by atoms with van der Waals surface area (Å²) in [4.78, 5) is 30.7. The molecular weight excluding hydrogens is 485 g/mol. The molecule has 0 aliphatic rings. The monoisotopic (exact) mass is 511 g/mol. The Balaban J connectivity index is 1.56. The number of carbonyl (C=O) groups excluding carboxylic acids is 1. The molecule has 0 saturated carbocycles. The van der Waals surface area contributed by atoms with Gasteiger partial charge >= 0.3 is 5.69 Å². The van der Waals surface area contributed by atoms with Crippen LogP contribution in [0.3, 0.4) is 0 Å². The topological polar surface area (TPSA) is 91.0 Å². The Morgan fingerprint density at radius 1 is 1.05 bits per heavy atom. The van der Waals surface area contributed by atoms with Crippen LogP contribution in [0.1, 0.15) is 34.4 Å². The van der Waals surface area contributed by atoms with Crippen LogP contribution >= 0.6 is 0 Å². The number of nitrogens with zero attached hydrogens (tertiary/aromatic N) is 4. The van der Waals surface area contributed by atoms with Gasteiger partial charge in [-0.1, -0.05) is 43.3 Å². The predicted molar refractivity (Wildman–Crippen MR) is 143 cm³/mol. The third-order valence-electron chi connectivity index (χ3n) is 6.27. The largest absolute Gasteiger partial charge is 0.488 e. The average Bonchev–Trinajstić information content (AvgIpc) is 3.21. The van der Waals surface area contributed by atoms with Gasteiger partial charge in [0, 0.05) is 30.6 Å². The van der Waals surface area contributed by atoms with Gasteiger partial charge in [-0.3, -0.25) is 14.3 Å². The first-order chi connectivity index (χ1) is 18.4. The van der Waals surface area contributed by atoms with Crippen LogP contribution in [-0.2, 0) is 20.1 Å². The van der Waals surface area contributed by atoms with Crippen LogP contribution in [0.25, 0.3) is 16.6 Å². The molecule has 2 aromatic heterocycles. The Morgan fingerprint density at radius 2 is 1.84 bits per heavy atom. The van der Waals surface area contributed by atoms with Crippen molar-refractivity contribution in [2.45, 2.75) is 26.9 Å². The molecule has 38 heavy (non-hydrogen) atoms. The van der Waals surface area contributed by atoms with Gasteiger partial charge in [-0.15, -0.1) is 5.10 Å². The number of benzene rings is 3. The minimum absolute atomic E-state index is 0.0149.